The summed E-state index contributed by atoms with van der Waals surface area (Å²) in [6, 6.07) is 0. The fourth-order valence-electron chi connectivity index (χ4n) is 0.133. The molecule has 0 radical (unpaired) electrons. The molecule has 4 nitrogen and oxygen atoms in total. The molecule has 1 atom stereocenters. The molecule has 0 aliphatic carbocycles. The van der Waals surface area contributed by atoms with Gasteiger partial charge >= 0.3 is 40.9 Å². The minimum Gasteiger partial charge on any atom is -1.00 e. The molecule has 0 aliphatic heterocycles. The van der Waals surface area contributed by atoms with E-state index in [4.69, 9.17) is 4.55 Å². The van der Waals surface area contributed by atoms with Crippen molar-refractivity contribution in [2.24, 2.45) is 0 Å². The third-order valence-electron chi connectivity index (χ3n) is 0.363. The third kappa shape index (κ3) is 12.1. The molecule has 50 valence electrons. The fourth-order valence-corrected chi connectivity index (χ4v) is 0.400. The van der Waals surface area contributed by atoms with Gasteiger partial charge in [0.2, 0.25) is 0 Å². The summed E-state index contributed by atoms with van der Waals surface area (Å²) in [5, 5.41) is 0. The maximum Gasteiger partial charge on any atom is 1.00 e. The van der Waals surface area contributed by atoms with E-state index in [-0.39, 0.29) is 43.4 Å². The average molecular weight is 162 g/mol. The van der Waals surface area contributed by atoms with Gasteiger partial charge in [-0.2, -0.15) is 4.21 Å². The van der Waals surface area contributed by atoms with Crippen LogP contribution < -0.4 is 29.6 Å². The summed E-state index contributed by atoms with van der Waals surface area (Å²) in [5.41, 5.74) is 0. The van der Waals surface area contributed by atoms with Crippen molar-refractivity contribution < 1.29 is 48.7 Å². The fraction of sp³-hybridized carbons (Fsp3) is 0.667. The Hall–Kier alpha value is 0.740. The van der Waals surface area contributed by atoms with Gasteiger partial charge in [-0.25, -0.2) is 0 Å². The Bertz CT molecular complexity index is 105. The average Bonchev–Trinajstić information content (AvgIpc) is 1.61. The number of rotatable bonds is 3. The Morgan fingerprint density at radius 1 is 1.89 bits per heavy atom. The summed E-state index contributed by atoms with van der Waals surface area (Å²) in [6.07, 6.45) is 0. The van der Waals surface area contributed by atoms with Gasteiger partial charge in [-0.15, -0.1) is 0 Å². The van der Waals surface area contributed by atoms with Gasteiger partial charge in [0.05, 0.1) is 0 Å². The first kappa shape index (κ1) is 12.4. The minimum atomic E-state index is -2.31. The summed E-state index contributed by atoms with van der Waals surface area (Å²) in [4.78, 5) is 9.98. The molecular formula is C3H7NaO4S. The molecule has 9 heavy (non-hydrogen) atoms. The van der Waals surface area contributed by atoms with E-state index in [1.54, 1.807) is 0 Å². The van der Waals surface area contributed by atoms with Gasteiger partial charge in [-0.1, -0.05) is 0 Å². The summed E-state index contributed by atoms with van der Waals surface area (Å²) in [7, 11) is 0. The van der Waals surface area contributed by atoms with E-state index in [1.807, 2.05) is 0 Å². The van der Waals surface area contributed by atoms with Crippen molar-refractivity contribution in [3.05, 3.63) is 0 Å². The van der Waals surface area contributed by atoms with E-state index in [2.05, 4.69) is 4.18 Å². The molecule has 0 heterocycles. The van der Waals surface area contributed by atoms with Crippen LogP contribution in [-0.4, -0.2) is 21.2 Å². The van der Waals surface area contributed by atoms with Gasteiger partial charge in [0, 0.05) is 0 Å². The number of carbonyl (C=O) groups is 1. The molecule has 1 unspecified atom stereocenters. The van der Waals surface area contributed by atoms with Gasteiger partial charge in [0.1, 0.15) is 6.61 Å². The van der Waals surface area contributed by atoms with Gasteiger partial charge in [0.15, 0.2) is 5.78 Å². The first-order valence-electron chi connectivity index (χ1n) is 1.86. The molecule has 0 aliphatic rings. The summed E-state index contributed by atoms with van der Waals surface area (Å²) >= 11 is -2.31. The number of hydrogen-bond acceptors (Lipinski definition) is 3. The van der Waals surface area contributed by atoms with Crippen molar-refractivity contribution in [3.8, 4) is 0 Å². The molecular weight excluding hydrogens is 155 g/mol. The van der Waals surface area contributed by atoms with Crippen molar-refractivity contribution in [3.63, 3.8) is 0 Å². The zero-order chi connectivity index (χ0) is 6.57. The molecule has 0 aromatic rings. The standard InChI is InChI=1S/C3H6O4S.Na.H/c1-3(4)2-7-8(5)6;;/h2H2,1H3,(H,5,6);;/q;+1;-1. The van der Waals surface area contributed by atoms with Gasteiger partial charge in [-0.3, -0.25) is 13.5 Å². The van der Waals surface area contributed by atoms with Crippen molar-refractivity contribution in [2.75, 3.05) is 6.61 Å². The first-order valence-corrected chi connectivity index (χ1v) is 2.89. The Morgan fingerprint density at radius 2 is 2.33 bits per heavy atom. The van der Waals surface area contributed by atoms with E-state index in [9.17, 15) is 9.00 Å². The number of hydrogen-bond donors (Lipinski definition) is 1. The van der Waals surface area contributed by atoms with E-state index < -0.39 is 11.4 Å². The topological polar surface area (TPSA) is 63.6 Å². The zero-order valence-electron chi connectivity index (χ0n) is 6.29. The van der Waals surface area contributed by atoms with Crippen LogP contribution in [-0.2, 0) is 20.3 Å². The molecule has 0 spiro atoms. The van der Waals surface area contributed by atoms with Gasteiger partial charge < -0.3 is 1.43 Å². The maximum atomic E-state index is 9.98. The summed E-state index contributed by atoms with van der Waals surface area (Å²) in [6.45, 7) is 0.968. The Kier molecular flexibility index (Phi) is 9.46. The molecule has 6 heteroatoms. The van der Waals surface area contributed by atoms with E-state index >= 15 is 0 Å². The quantitative estimate of drug-likeness (QED) is 0.351. The first-order chi connectivity index (χ1) is 3.63. The predicted molar refractivity (Wildman–Crippen MR) is 28.5 cm³/mol. The normalized spacial score (nSPS) is 11.8. The Morgan fingerprint density at radius 3 is 2.44 bits per heavy atom. The van der Waals surface area contributed by atoms with Crippen LogP contribution in [0.2, 0.25) is 0 Å². The second-order valence-corrected chi connectivity index (χ2v) is 1.85. The number of Topliss-reactive ketones (excluding diaryl/α,β-unsaturated/α-hetero) is 1. The third-order valence-corrected chi connectivity index (χ3v) is 0.682. The second-order valence-electron chi connectivity index (χ2n) is 1.18. The van der Waals surface area contributed by atoms with Crippen molar-refractivity contribution >= 4 is 17.1 Å². The number of ketones is 1. The monoisotopic (exact) mass is 162 g/mol. The molecule has 0 amide bonds. The Labute approximate surface area is 79.2 Å². The van der Waals surface area contributed by atoms with Crippen LogP contribution >= 0.6 is 0 Å². The molecule has 0 rings (SSSR count). The van der Waals surface area contributed by atoms with E-state index in [0.29, 0.717) is 0 Å². The Balaban J connectivity index is -0.000000245. The maximum absolute atomic E-state index is 9.98. The van der Waals surface area contributed by atoms with Gasteiger partial charge in [-0.05, 0) is 6.92 Å². The summed E-state index contributed by atoms with van der Waals surface area (Å²) in [5.74, 6) is -0.271. The van der Waals surface area contributed by atoms with Crippen LogP contribution in [0.3, 0.4) is 0 Å². The molecule has 0 bridgehead atoms. The largest absolute Gasteiger partial charge is 1.00 e. The van der Waals surface area contributed by atoms with Crippen LogP contribution in [0, 0.1) is 0 Å². The SMILES string of the molecule is CC(=O)COS(=O)O.[H-].[Na+]. The predicted octanol–water partition coefficient (Wildman–Crippen LogP) is -3.15. The van der Waals surface area contributed by atoms with Gasteiger partial charge in [0.25, 0.3) is 0 Å². The van der Waals surface area contributed by atoms with Crippen LogP contribution in [0.4, 0.5) is 0 Å². The molecule has 0 aromatic heterocycles. The number of carbonyl (C=O) groups excluding carboxylic acids is 1. The van der Waals surface area contributed by atoms with E-state index in [0.717, 1.165) is 0 Å². The minimum absolute atomic E-state index is 0. The second kappa shape index (κ2) is 6.85. The van der Waals surface area contributed by atoms with E-state index in [1.165, 1.54) is 6.92 Å². The zero-order valence-corrected chi connectivity index (χ0v) is 8.10. The smallest absolute Gasteiger partial charge is 1.00 e. The van der Waals surface area contributed by atoms with Crippen LogP contribution in [0.25, 0.3) is 0 Å². The van der Waals surface area contributed by atoms with Crippen LogP contribution in [0.5, 0.6) is 0 Å². The molecule has 1 N–H and O–H groups in total. The van der Waals surface area contributed by atoms with Crippen LogP contribution in [0.1, 0.15) is 8.35 Å². The molecule has 0 saturated carbocycles. The van der Waals surface area contributed by atoms with Crippen LogP contribution in [0.15, 0.2) is 0 Å². The van der Waals surface area contributed by atoms with Crippen molar-refractivity contribution in [2.45, 2.75) is 6.92 Å². The molecule has 0 saturated heterocycles. The molecule has 0 aromatic carbocycles. The summed E-state index contributed by atoms with van der Waals surface area (Å²) < 4.78 is 21.5. The molecule has 0 fully saturated rings. The van der Waals surface area contributed by atoms with Crippen molar-refractivity contribution in [1.29, 1.82) is 0 Å². The van der Waals surface area contributed by atoms with Crippen molar-refractivity contribution in [1.82, 2.24) is 0 Å².